The third-order valence-electron chi connectivity index (χ3n) is 5.35. The van der Waals surface area contributed by atoms with Crippen molar-refractivity contribution in [2.75, 3.05) is 31.1 Å². The lowest BCUT2D eigenvalue weighted by molar-refractivity contribution is 0.101. The fraction of sp³-hybridized carbons (Fsp3) is 0.273. The van der Waals surface area contributed by atoms with E-state index in [-0.39, 0.29) is 17.4 Å². The highest BCUT2D eigenvalue weighted by Gasteiger charge is 2.20. The van der Waals surface area contributed by atoms with Crippen LogP contribution >= 0.6 is 12.2 Å². The molecule has 0 amide bonds. The fourth-order valence-electron chi connectivity index (χ4n) is 3.67. The molecule has 8 heteroatoms. The topological polar surface area (TPSA) is 33.4 Å². The molecule has 1 saturated heterocycles. The number of nitrogens with zero attached hydrogens (tertiary/aromatic N) is 4. The summed E-state index contributed by atoms with van der Waals surface area (Å²) in [6.07, 6.45) is 3.72. The van der Waals surface area contributed by atoms with Gasteiger partial charge < -0.3 is 9.47 Å². The predicted octanol–water partition coefficient (Wildman–Crippen LogP) is 4.27. The van der Waals surface area contributed by atoms with Gasteiger partial charge in [-0.05, 0) is 55.5 Å². The summed E-state index contributed by atoms with van der Waals surface area (Å²) in [5.74, 6) is -0.820. The van der Waals surface area contributed by atoms with Gasteiger partial charge in [-0.2, -0.15) is 0 Å². The monoisotopic (exact) mass is 428 g/mol. The number of halogens is 2. The molecule has 0 spiro atoms. The largest absolute Gasteiger partial charge is 0.367 e. The Labute approximate surface area is 178 Å². The van der Waals surface area contributed by atoms with Crippen molar-refractivity contribution in [1.29, 1.82) is 0 Å². The summed E-state index contributed by atoms with van der Waals surface area (Å²) in [4.78, 5) is 15.7. The number of benzene rings is 2. The number of Topliss-reactive ketones (excluding diaryl/α,β-unsaturated/α-hetero) is 1. The molecule has 1 aliphatic heterocycles. The molecule has 1 fully saturated rings. The van der Waals surface area contributed by atoms with Crippen LogP contribution in [0.3, 0.4) is 0 Å². The van der Waals surface area contributed by atoms with Crippen LogP contribution in [0.15, 0.2) is 54.9 Å². The van der Waals surface area contributed by atoms with Crippen LogP contribution in [0.4, 0.5) is 14.5 Å². The van der Waals surface area contributed by atoms with Crippen LogP contribution in [0.2, 0.25) is 0 Å². The Kier molecular flexibility index (Phi) is 5.78. The van der Waals surface area contributed by atoms with Crippen LogP contribution < -0.4 is 4.90 Å². The Morgan fingerprint density at radius 1 is 1.03 bits per heavy atom. The van der Waals surface area contributed by atoms with Crippen LogP contribution in [-0.2, 0) is 6.67 Å². The molecule has 0 radical (unpaired) electrons. The summed E-state index contributed by atoms with van der Waals surface area (Å²) >= 11 is 5.56. The SMILES string of the molecule is CC(=O)c1ccc(N2CCN(Cn3ccn(-c4cccc(F)c4)c3=S)CC2)c(F)c1. The summed E-state index contributed by atoms with van der Waals surface area (Å²) < 4.78 is 32.3. The lowest BCUT2D eigenvalue weighted by Gasteiger charge is -2.36. The molecule has 1 aliphatic rings. The zero-order valence-electron chi connectivity index (χ0n) is 16.6. The van der Waals surface area contributed by atoms with Crippen LogP contribution in [0, 0.1) is 16.4 Å². The van der Waals surface area contributed by atoms with Gasteiger partial charge in [0, 0.05) is 44.1 Å². The van der Waals surface area contributed by atoms with E-state index < -0.39 is 0 Å². The zero-order chi connectivity index (χ0) is 21.3. The minimum atomic E-state index is -0.370. The quantitative estimate of drug-likeness (QED) is 0.449. The molecule has 0 unspecified atom stereocenters. The van der Waals surface area contributed by atoms with Crippen LogP contribution in [0.5, 0.6) is 0 Å². The van der Waals surface area contributed by atoms with E-state index in [1.54, 1.807) is 22.8 Å². The van der Waals surface area contributed by atoms with E-state index in [4.69, 9.17) is 12.2 Å². The summed E-state index contributed by atoms with van der Waals surface area (Å²) in [5.41, 5.74) is 1.59. The molecule has 156 valence electrons. The molecule has 0 aliphatic carbocycles. The van der Waals surface area contributed by atoms with Crippen molar-refractivity contribution in [3.8, 4) is 5.69 Å². The first-order chi connectivity index (χ1) is 14.4. The average molecular weight is 429 g/mol. The average Bonchev–Trinajstić information content (AvgIpc) is 3.09. The maximum atomic E-state index is 14.4. The molecule has 4 rings (SSSR count). The van der Waals surface area contributed by atoms with Crippen LogP contribution in [0.25, 0.3) is 5.69 Å². The first kappa shape index (κ1) is 20.4. The second kappa shape index (κ2) is 8.49. The molecule has 0 N–H and O–H groups in total. The fourth-order valence-corrected chi connectivity index (χ4v) is 3.96. The molecule has 0 bridgehead atoms. The second-order valence-corrected chi connectivity index (χ2v) is 7.73. The number of piperazine rings is 1. The molecule has 5 nitrogen and oxygen atoms in total. The second-order valence-electron chi connectivity index (χ2n) is 7.37. The standard InChI is InChI=1S/C22H22F2N4OS/c1-16(29)17-5-6-21(20(24)13-17)26-9-7-25(8-10-26)15-27-11-12-28(22(27)30)19-4-2-3-18(23)14-19/h2-6,11-14H,7-10,15H2,1H3. The van der Waals surface area contributed by atoms with E-state index in [1.165, 1.54) is 25.1 Å². The van der Waals surface area contributed by atoms with Gasteiger partial charge in [0.25, 0.3) is 0 Å². The first-order valence-electron chi connectivity index (χ1n) is 9.74. The predicted molar refractivity (Wildman–Crippen MR) is 115 cm³/mol. The van der Waals surface area contributed by atoms with Crippen LogP contribution in [0.1, 0.15) is 17.3 Å². The summed E-state index contributed by atoms with van der Waals surface area (Å²) in [7, 11) is 0. The van der Waals surface area contributed by atoms with Gasteiger partial charge in [-0.3, -0.25) is 14.3 Å². The van der Waals surface area contributed by atoms with Crippen molar-refractivity contribution in [3.63, 3.8) is 0 Å². The van der Waals surface area contributed by atoms with Gasteiger partial charge in [0.1, 0.15) is 11.6 Å². The Balaban J connectivity index is 1.41. The number of carbonyl (C=O) groups is 1. The molecular formula is C22H22F2N4OS. The number of hydrogen-bond acceptors (Lipinski definition) is 4. The Morgan fingerprint density at radius 3 is 2.47 bits per heavy atom. The Morgan fingerprint density at radius 2 is 1.80 bits per heavy atom. The number of anilines is 1. The lowest BCUT2D eigenvalue weighted by Crippen LogP contribution is -2.47. The Bertz CT molecular complexity index is 1130. The highest BCUT2D eigenvalue weighted by atomic mass is 32.1. The number of hydrogen-bond donors (Lipinski definition) is 0. The van der Waals surface area contributed by atoms with Crippen molar-refractivity contribution in [2.45, 2.75) is 13.6 Å². The van der Waals surface area contributed by atoms with Gasteiger partial charge in [-0.1, -0.05) is 6.07 Å². The van der Waals surface area contributed by atoms with Gasteiger partial charge >= 0.3 is 0 Å². The summed E-state index contributed by atoms with van der Waals surface area (Å²) in [5, 5.41) is 0. The number of aromatic nitrogens is 2. The van der Waals surface area contributed by atoms with Gasteiger partial charge in [0.05, 0.1) is 18.0 Å². The number of rotatable bonds is 5. The molecule has 0 atom stereocenters. The van der Waals surface area contributed by atoms with Crippen molar-refractivity contribution in [3.05, 3.63) is 76.8 Å². The minimum Gasteiger partial charge on any atom is -0.367 e. The van der Waals surface area contributed by atoms with E-state index in [1.807, 2.05) is 27.9 Å². The lowest BCUT2D eigenvalue weighted by atomic mass is 10.1. The van der Waals surface area contributed by atoms with Gasteiger partial charge in [0.15, 0.2) is 10.6 Å². The number of imidazole rings is 1. The van der Waals surface area contributed by atoms with E-state index >= 15 is 0 Å². The van der Waals surface area contributed by atoms with E-state index in [0.29, 0.717) is 41.5 Å². The minimum absolute atomic E-state index is 0.146. The molecule has 2 heterocycles. The third-order valence-corrected chi connectivity index (χ3v) is 5.78. The number of carbonyl (C=O) groups excluding carboxylic acids is 1. The Hall–Kier alpha value is -2.84. The van der Waals surface area contributed by atoms with Crippen molar-refractivity contribution >= 4 is 23.7 Å². The van der Waals surface area contributed by atoms with Crippen molar-refractivity contribution in [1.82, 2.24) is 14.0 Å². The molecule has 30 heavy (non-hydrogen) atoms. The zero-order valence-corrected chi connectivity index (χ0v) is 17.4. The first-order valence-corrected chi connectivity index (χ1v) is 10.1. The molecule has 2 aromatic carbocycles. The molecule has 3 aromatic rings. The molecular weight excluding hydrogens is 406 g/mol. The van der Waals surface area contributed by atoms with E-state index in [0.717, 1.165) is 13.1 Å². The van der Waals surface area contributed by atoms with Gasteiger partial charge in [-0.25, -0.2) is 8.78 Å². The smallest absolute Gasteiger partial charge is 0.185 e. The maximum Gasteiger partial charge on any atom is 0.185 e. The molecule has 0 saturated carbocycles. The summed E-state index contributed by atoms with van der Waals surface area (Å²) in [6.45, 7) is 4.89. The number of ketones is 1. The van der Waals surface area contributed by atoms with Crippen LogP contribution in [-0.4, -0.2) is 46.0 Å². The van der Waals surface area contributed by atoms with Gasteiger partial charge in [0.2, 0.25) is 0 Å². The summed E-state index contributed by atoms with van der Waals surface area (Å²) in [6, 6.07) is 11.0. The normalized spacial score (nSPS) is 14.8. The highest BCUT2D eigenvalue weighted by Crippen LogP contribution is 2.22. The highest BCUT2D eigenvalue weighted by molar-refractivity contribution is 7.71. The van der Waals surface area contributed by atoms with Crippen molar-refractivity contribution < 1.29 is 13.6 Å². The molecule has 1 aromatic heterocycles. The van der Waals surface area contributed by atoms with E-state index in [2.05, 4.69) is 4.90 Å². The maximum absolute atomic E-state index is 14.4. The van der Waals surface area contributed by atoms with E-state index in [9.17, 15) is 13.6 Å². The van der Waals surface area contributed by atoms with Crippen molar-refractivity contribution in [2.24, 2.45) is 0 Å². The van der Waals surface area contributed by atoms with Gasteiger partial charge in [-0.15, -0.1) is 0 Å². The third kappa shape index (κ3) is 4.20.